The molecular weight excluding hydrogens is 371 g/mol. The van der Waals surface area contributed by atoms with Gasteiger partial charge in [0.15, 0.2) is 0 Å². The maximum absolute atomic E-state index is 13.2. The molecule has 1 aromatic heterocycles. The Kier molecular flexibility index (Phi) is 6.19. The highest BCUT2D eigenvalue weighted by Gasteiger charge is 2.09. The molecule has 0 aliphatic heterocycles. The molecule has 2 N–H and O–H groups in total. The van der Waals surface area contributed by atoms with Gasteiger partial charge < -0.3 is 10.6 Å². The van der Waals surface area contributed by atoms with Crippen LogP contribution < -0.4 is 10.6 Å². The second-order valence-corrected chi connectivity index (χ2v) is 6.51. The minimum atomic E-state index is -0.310. The van der Waals surface area contributed by atoms with Crippen molar-refractivity contribution in [2.75, 3.05) is 5.32 Å². The van der Waals surface area contributed by atoms with Gasteiger partial charge in [0, 0.05) is 43.4 Å². The van der Waals surface area contributed by atoms with E-state index in [1.807, 2.05) is 12.1 Å². The molecule has 1 heterocycles. The van der Waals surface area contributed by atoms with Crippen molar-refractivity contribution in [1.82, 2.24) is 15.1 Å². The van der Waals surface area contributed by atoms with Crippen molar-refractivity contribution >= 4 is 23.6 Å². The molecule has 29 heavy (non-hydrogen) atoms. The predicted octanol–water partition coefficient (Wildman–Crippen LogP) is 3.51. The summed E-state index contributed by atoms with van der Waals surface area (Å²) in [6.07, 6.45) is 4.75. The highest BCUT2D eigenvalue weighted by molar-refractivity contribution is 6.02. The first-order valence-corrected chi connectivity index (χ1v) is 9.03. The maximum atomic E-state index is 13.2. The van der Waals surface area contributed by atoms with E-state index in [1.54, 1.807) is 48.3 Å². The van der Waals surface area contributed by atoms with Gasteiger partial charge in [-0.3, -0.25) is 14.3 Å². The quantitative estimate of drug-likeness (QED) is 0.631. The van der Waals surface area contributed by atoms with Gasteiger partial charge in [0.2, 0.25) is 11.8 Å². The lowest BCUT2D eigenvalue weighted by Crippen LogP contribution is -2.18. The summed E-state index contributed by atoms with van der Waals surface area (Å²) in [5.41, 5.74) is 3.93. The second kappa shape index (κ2) is 8.97. The van der Waals surface area contributed by atoms with Crippen LogP contribution in [0.2, 0.25) is 0 Å². The number of carbonyl (C=O) groups is 2. The molecule has 6 nitrogen and oxygen atoms in total. The van der Waals surface area contributed by atoms with Gasteiger partial charge in [-0.2, -0.15) is 5.10 Å². The highest BCUT2D eigenvalue weighted by Crippen LogP contribution is 2.24. The zero-order valence-corrected chi connectivity index (χ0v) is 16.1. The Bertz CT molecular complexity index is 1040. The molecule has 0 spiro atoms. The normalized spacial score (nSPS) is 10.9. The Morgan fingerprint density at radius 3 is 2.45 bits per heavy atom. The van der Waals surface area contributed by atoms with Gasteiger partial charge in [0.25, 0.3) is 0 Å². The fraction of sp³-hybridized carbons (Fsp3) is 0.136. The van der Waals surface area contributed by atoms with Gasteiger partial charge in [0.1, 0.15) is 5.82 Å². The van der Waals surface area contributed by atoms with Crippen molar-refractivity contribution in [3.05, 3.63) is 77.7 Å². The van der Waals surface area contributed by atoms with Crippen LogP contribution in [0, 0.1) is 5.82 Å². The number of aromatic nitrogens is 2. The molecule has 0 aliphatic carbocycles. The van der Waals surface area contributed by atoms with Gasteiger partial charge in [-0.05, 0) is 48.0 Å². The number of hydrogen-bond donors (Lipinski definition) is 2. The van der Waals surface area contributed by atoms with E-state index in [9.17, 15) is 14.0 Å². The number of benzene rings is 2. The first kappa shape index (κ1) is 20.0. The van der Waals surface area contributed by atoms with Crippen molar-refractivity contribution in [2.24, 2.45) is 7.05 Å². The zero-order chi connectivity index (χ0) is 20.8. The molecule has 0 saturated carbocycles. The smallest absolute Gasteiger partial charge is 0.248 e. The summed E-state index contributed by atoms with van der Waals surface area (Å²) in [5, 5.41) is 9.73. The van der Waals surface area contributed by atoms with Crippen LogP contribution in [0.3, 0.4) is 0 Å². The van der Waals surface area contributed by atoms with E-state index in [1.165, 1.54) is 25.1 Å². The first-order chi connectivity index (χ1) is 13.9. The molecule has 0 radical (unpaired) electrons. The fourth-order valence-electron chi connectivity index (χ4n) is 2.82. The Balaban J connectivity index is 1.67. The summed E-state index contributed by atoms with van der Waals surface area (Å²) >= 11 is 0. The van der Waals surface area contributed by atoms with E-state index in [0.29, 0.717) is 12.2 Å². The third-order valence-electron chi connectivity index (χ3n) is 4.26. The van der Waals surface area contributed by atoms with Gasteiger partial charge in [0.05, 0.1) is 11.9 Å². The van der Waals surface area contributed by atoms with Gasteiger partial charge in [-0.1, -0.05) is 12.1 Å². The molecule has 0 unspecified atom stereocenters. The van der Waals surface area contributed by atoms with E-state index < -0.39 is 0 Å². The molecule has 3 aromatic rings. The Morgan fingerprint density at radius 1 is 1.10 bits per heavy atom. The Hall–Kier alpha value is -3.74. The van der Waals surface area contributed by atoms with E-state index in [0.717, 1.165) is 22.4 Å². The van der Waals surface area contributed by atoms with E-state index >= 15 is 0 Å². The van der Waals surface area contributed by atoms with E-state index in [-0.39, 0.29) is 17.6 Å². The summed E-state index contributed by atoms with van der Waals surface area (Å²) in [6, 6.07) is 13.3. The topological polar surface area (TPSA) is 76.0 Å². The molecule has 0 bridgehead atoms. The van der Waals surface area contributed by atoms with Gasteiger partial charge in [-0.25, -0.2) is 4.39 Å². The zero-order valence-electron chi connectivity index (χ0n) is 16.1. The number of nitrogens with zero attached hydrogens (tertiary/aromatic N) is 2. The number of hydrogen-bond acceptors (Lipinski definition) is 3. The average molecular weight is 392 g/mol. The molecule has 0 aliphatic rings. The predicted molar refractivity (Wildman–Crippen MR) is 110 cm³/mol. The second-order valence-electron chi connectivity index (χ2n) is 6.51. The van der Waals surface area contributed by atoms with Gasteiger partial charge >= 0.3 is 0 Å². The van der Waals surface area contributed by atoms with Crippen LogP contribution in [0.5, 0.6) is 0 Å². The highest BCUT2D eigenvalue weighted by atomic mass is 19.1. The van der Waals surface area contributed by atoms with Crippen LogP contribution in [0.25, 0.3) is 17.3 Å². The molecule has 0 fully saturated rings. The molecule has 0 saturated heterocycles. The van der Waals surface area contributed by atoms with Crippen molar-refractivity contribution in [2.45, 2.75) is 13.5 Å². The van der Waals surface area contributed by atoms with Crippen LogP contribution >= 0.6 is 0 Å². The molecule has 2 aromatic carbocycles. The van der Waals surface area contributed by atoms with Crippen LogP contribution in [-0.2, 0) is 23.2 Å². The number of rotatable bonds is 6. The van der Waals surface area contributed by atoms with Crippen LogP contribution in [-0.4, -0.2) is 21.6 Å². The average Bonchev–Trinajstić information content (AvgIpc) is 3.07. The van der Waals surface area contributed by atoms with Crippen molar-refractivity contribution < 1.29 is 14.0 Å². The Morgan fingerprint density at radius 2 is 1.79 bits per heavy atom. The molecule has 0 atom stereocenters. The molecule has 148 valence electrons. The lowest BCUT2D eigenvalue weighted by atomic mass is 10.1. The molecule has 7 heteroatoms. The van der Waals surface area contributed by atoms with Crippen molar-refractivity contribution in [3.8, 4) is 11.3 Å². The number of anilines is 1. The summed E-state index contributed by atoms with van der Waals surface area (Å²) in [6.45, 7) is 1.90. The van der Waals surface area contributed by atoms with E-state index in [2.05, 4.69) is 15.7 Å². The minimum Gasteiger partial charge on any atom is -0.352 e. The van der Waals surface area contributed by atoms with Crippen molar-refractivity contribution in [3.63, 3.8) is 0 Å². The van der Waals surface area contributed by atoms with Crippen LogP contribution in [0.4, 0.5) is 10.1 Å². The SMILES string of the molecule is CC(=O)NCc1ccc(NC(=O)/C=C/c2cnn(C)c2-c2ccc(F)cc2)cc1. The monoisotopic (exact) mass is 392 g/mol. The third kappa shape index (κ3) is 5.38. The molecule has 2 amide bonds. The van der Waals surface area contributed by atoms with Crippen LogP contribution in [0.1, 0.15) is 18.1 Å². The lowest BCUT2D eigenvalue weighted by Gasteiger charge is -2.06. The van der Waals surface area contributed by atoms with Crippen LogP contribution in [0.15, 0.2) is 60.8 Å². The van der Waals surface area contributed by atoms with Gasteiger partial charge in [-0.15, -0.1) is 0 Å². The third-order valence-corrected chi connectivity index (χ3v) is 4.26. The Labute approximate surface area is 168 Å². The maximum Gasteiger partial charge on any atom is 0.248 e. The number of nitrogens with one attached hydrogen (secondary N) is 2. The van der Waals surface area contributed by atoms with Crippen molar-refractivity contribution in [1.29, 1.82) is 0 Å². The number of halogens is 1. The standard InChI is InChI=1S/C22H21FN4O2/c1-15(28)24-13-16-3-10-20(11-4-16)26-21(29)12-7-18-14-25-27(2)22(18)17-5-8-19(23)9-6-17/h3-12,14H,13H2,1-2H3,(H,24,28)(H,26,29)/b12-7+. The summed E-state index contributed by atoms with van der Waals surface area (Å²) in [7, 11) is 1.79. The number of carbonyl (C=O) groups excluding carboxylic acids is 2. The largest absolute Gasteiger partial charge is 0.352 e. The summed E-state index contributed by atoms with van der Waals surface area (Å²) in [4.78, 5) is 23.2. The molecule has 3 rings (SSSR count). The summed E-state index contributed by atoms with van der Waals surface area (Å²) < 4.78 is 14.9. The lowest BCUT2D eigenvalue weighted by molar-refractivity contribution is -0.119. The number of aryl methyl sites for hydroxylation is 1. The first-order valence-electron chi connectivity index (χ1n) is 9.03. The minimum absolute atomic E-state index is 0.0945. The summed E-state index contributed by atoms with van der Waals surface area (Å²) in [5.74, 6) is -0.688. The number of amides is 2. The fourth-order valence-corrected chi connectivity index (χ4v) is 2.82. The van der Waals surface area contributed by atoms with E-state index in [4.69, 9.17) is 0 Å². The molecular formula is C22H21FN4O2.